The molecule has 1 aromatic heterocycles. The van der Waals surface area contributed by atoms with Crippen molar-refractivity contribution in [3.8, 4) is 0 Å². The first-order valence-electron chi connectivity index (χ1n) is 3.59. The van der Waals surface area contributed by atoms with Gasteiger partial charge in [0, 0.05) is 17.6 Å². The molecule has 13 heavy (non-hydrogen) atoms. The van der Waals surface area contributed by atoms with Crippen LogP contribution >= 0.6 is 23.2 Å². The SMILES string of the molecule is O=COCCc1cnc(Cl)cc1Cl. The average molecular weight is 220 g/mol. The molecular formula is C8H7Cl2NO2. The van der Waals surface area contributed by atoms with Crippen molar-refractivity contribution in [1.29, 1.82) is 0 Å². The molecule has 0 aromatic carbocycles. The van der Waals surface area contributed by atoms with Gasteiger partial charge in [-0.3, -0.25) is 4.79 Å². The van der Waals surface area contributed by atoms with Crippen LogP contribution in [0.25, 0.3) is 0 Å². The van der Waals surface area contributed by atoms with E-state index in [0.717, 1.165) is 5.56 Å². The van der Waals surface area contributed by atoms with Crippen molar-refractivity contribution >= 4 is 29.7 Å². The molecule has 0 aliphatic carbocycles. The van der Waals surface area contributed by atoms with E-state index < -0.39 is 0 Å². The Morgan fingerprint density at radius 3 is 2.92 bits per heavy atom. The predicted octanol–water partition coefficient (Wildman–Crippen LogP) is 2.10. The minimum Gasteiger partial charge on any atom is -0.468 e. The second-order valence-electron chi connectivity index (χ2n) is 2.32. The molecule has 0 aliphatic rings. The van der Waals surface area contributed by atoms with Crippen LogP contribution in [0.4, 0.5) is 0 Å². The van der Waals surface area contributed by atoms with E-state index in [1.54, 1.807) is 12.3 Å². The van der Waals surface area contributed by atoms with Gasteiger partial charge in [0.15, 0.2) is 0 Å². The number of pyridine rings is 1. The van der Waals surface area contributed by atoms with Gasteiger partial charge >= 0.3 is 0 Å². The highest BCUT2D eigenvalue weighted by Gasteiger charge is 2.01. The number of rotatable bonds is 4. The first-order chi connectivity index (χ1) is 6.24. The summed E-state index contributed by atoms with van der Waals surface area (Å²) in [4.78, 5) is 13.7. The van der Waals surface area contributed by atoms with E-state index in [9.17, 15) is 4.79 Å². The molecule has 0 radical (unpaired) electrons. The van der Waals surface area contributed by atoms with E-state index >= 15 is 0 Å². The third-order valence-corrected chi connectivity index (χ3v) is 2.01. The molecule has 0 N–H and O–H groups in total. The number of carbonyl (C=O) groups is 1. The lowest BCUT2D eigenvalue weighted by Gasteiger charge is -2.02. The quantitative estimate of drug-likeness (QED) is 0.443. The van der Waals surface area contributed by atoms with Crippen LogP contribution in [0.2, 0.25) is 10.2 Å². The highest BCUT2D eigenvalue weighted by atomic mass is 35.5. The monoisotopic (exact) mass is 219 g/mol. The summed E-state index contributed by atoms with van der Waals surface area (Å²) in [6.07, 6.45) is 2.11. The largest absolute Gasteiger partial charge is 0.468 e. The summed E-state index contributed by atoms with van der Waals surface area (Å²) in [6.45, 7) is 0.698. The Morgan fingerprint density at radius 2 is 2.31 bits per heavy atom. The summed E-state index contributed by atoms with van der Waals surface area (Å²) in [5, 5.41) is 0.888. The number of nitrogens with zero attached hydrogens (tertiary/aromatic N) is 1. The van der Waals surface area contributed by atoms with Crippen molar-refractivity contribution < 1.29 is 9.53 Å². The fourth-order valence-corrected chi connectivity index (χ4v) is 1.30. The molecule has 0 saturated heterocycles. The van der Waals surface area contributed by atoms with Crippen LogP contribution in [-0.4, -0.2) is 18.1 Å². The molecule has 1 heterocycles. The average Bonchev–Trinajstić information content (AvgIpc) is 2.09. The van der Waals surface area contributed by atoms with Gasteiger partial charge in [0.25, 0.3) is 6.47 Å². The molecule has 0 spiro atoms. The number of halogens is 2. The summed E-state index contributed by atoms with van der Waals surface area (Å²) in [5.74, 6) is 0. The molecule has 1 rings (SSSR count). The Morgan fingerprint density at radius 1 is 1.54 bits per heavy atom. The molecule has 0 aliphatic heterocycles. The molecular weight excluding hydrogens is 213 g/mol. The number of carbonyl (C=O) groups excluding carboxylic acids is 1. The lowest BCUT2D eigenvalue weighted by atomic mass is 10.2. The summed E-state index contributed by atoms with van der Waals surface area (Å²) in [6, 6.07) is 1.55. The van der Waals surface area contributed by atoms with Crippen LogP contribution in [0.15, 0.2) is 12.3 Å². The molecule has 0 unspecified atom stereocenters. The van der Waals surface area contributed by atoms with E-state index in [-0.39, 0.29) is 0 Å². The third kappa shape index (κ3) is 3.20. The van der Waals surface area contributed by atoms with Crippen molar-refractivity contribution in [2.24, 2.45) is 0 Å². The van der Waals surface area contributed by atoms with Crippen molar-refractivity contribution in [2.45, 2.75) is 6.42 Å². The zero-order valence-corrected chi connectivity index (χ0v) is 8.18. The zero-order valence-electron chi connectivity index (χ0n) is 6.67. The molecule has 0 fully saturated rings. The van der Waals surface area contributed by atoms with Gasteiger partial charge in [-0.15, -0.1) is 0 Å². The van der Waals surface area contributed by atoms with Crippen LogP contribution in [0.5, 0.6) is 0 Å². The van der Waals surface area contributed by atoms with E-state index in [2.05, 4.69) is 9.72 Å². The maximum atomic E-state index is 9.84. The van der Waals surface area contributed by atoms with Crippen LogP contribution in [0.3, 0.4) is 0 Å². The Bertz CT molecular complexity index is 304. The molecule has 3 nitrogen and oxygen atoms in total. The maximum Gasteiger partial charge on any atom is 0.293 e. The van der Waals surface area contributed by atoms with Crippen molar-refractivity contribution in [1.82, 2.24) is 4.98 Å². The van der Waals surface area contributed by atoms with E-state index in [4.69, 9.17) is 23.2 Å². The standard InChI is InChI=1S/C8H7Cl2NO2/c9-7-3-8(10)11-4-6(7)1-2-13-5-12/h3-5H,1-2H2. The smallest absolute Gasteiger partial charge is 0.293 e. The van der Waals surface area contributed by atoms with Crippen LogP contribution in [0.1, 0.15) is 5.56 Å². The van der Waals surface area contributed by atoms with Gasteiger partial charge < -0.3 is 4.74 Å². The Balaban J connectivity index is 2.61. The number of hydrogen-bond donors (Lipinski definition) is 0. The molecule has 0 bridgehead atoms. The second kappa shape index (κ2) is 5.04. The lowest BCUT2D eigenvalue weighted by molar-refractivity contribution is -0.128. The predicted molar refractivity (Wildman–Crippen MR) is 50.0 cm³/mol. The molecule has 0 atom stereocenters. The molecule has 1 aromatic rings. The van der Waals surface area contributed by atoms with Gasteiger partial charge in [0.1, 0.15) is 5.15 Å². The van der Waals surface area contributed by atoms with Crippen molar-refractivity contribution in [3.63, 3.8) is 0 Å². The number of ether oxygens (including phenoxy) is 1. The highest BCUT2D eigenvalue weighted by Crippen LogP contribution is 2.18. The second-order valence-corrected chi connectivity index (χ2v) is 3.11. The van der Waals surface area contributed by atoms with E-state index in [1.807, 2.05) is 0 Å². The molecule has 70 valence electrons. The molecule has 5 heteroatoms. The Hall–Kier alpha value is -0.800. The minimum absolute atomic E-state index is 0.298. The first kappa shape index (κ1) is 10.3. The third-order valence-electron chi connectivity index (χ3n) is 1.45. The van der Waals surface area contributed by atoms with E-state index in [0.29, 0.717) is 29.7 Å². The van der Waals surface area contributed by atoms with Gasteiger partial charge in [-0.25, -0.2) is 4.98 Å². The Kier molecular flexibility index (Phi) is 3.99. The van der Waals surface area contributed by atoms with Gasteiger partial charge in [-0.05, 0) is 11.6 Å². The van der Waals surface area contributed by atoms with Crippen molar-refractivity contribution in [2.75, 3.05) is 6.61 Å². The minimum atomic E-state index is 0.298. The van der Waals surface area contributed by atoms with Gasteiger partial charge in [0.05, 0.1) is 6.61 Å². The summed E-state index contributed by atoms with van der Waals surface area (Å²) < 4.78 is 4.52. The van der Waals surface area contributed by atoms with Crippen LogP contribution in [-0.2, 0) is 16.0 Å². The summed E-state index contributed by atoms with van der Waals surface area (Å²) >= 11 is 11.4. The first-order valence-corrected chi connectivity index (χ1v) is 4.35. The van der Waals surface area contributed by atoms with Crippen molar-refractivity contribution in [3.05, 3.63) is 28.0 Å². The van der Waals surface area contributed by atoms with Crippen LogP contribution < -0.4 is 0 Å². The molecule has 0 saturated carbocycles. The highest BCUT2D eigenvalue weighted by molar-refractivity contribution is 6.34. The number of aromatic nitrogens is 1. The van der Waals surface area contributed by atoms with Gasteiger partial charge in [0.2, 0.25) is 0 Å². The molecule has 0 amide bonds. The number of hydrogen-bond acceptors (Lipinski definition) is 3. The van der Waals surface area contributed by atoms with Gasteiger partial charge in [-0.1, -0.05) is 23.2 Å². The normalized spacial score (nSPS) is 9.69. The maximum absolute atomic E-state index is 9.84. The fraction of sp³-hybridized carbons (Fsp3) is 0.250. The Labute approximate surface area is 85.6 Å². The summed E-state index contributed by atoms with van der Waals surface area (Å²) in [5.41, 5.74) is 0.813. The van der Waals surface area contributed by atoms with E-state index in [1.165, 1.54) is 0 Å². The summed E-state index contributed by atoms with van der Waals surface area (Å²) in [7, 11) is 0. The van der Waals surface area contributed by atoms with Gasteiger partial charge in [-0.2, -0.15) is 0 Å². The topological polar surface area (TPSA) is 39.2 Å². The lowest BCUT2D eigenvalue weighted by Crippen LogP contribution is -1.97. The fourth-order valence-electron chi connectivity index (χ4n) is 0.837. The zero-order chi connectivity index (χ0) is 9.68. The van der Waals surface area contributed by atoms with Crippen LogP contribution in [0, 0.1) is 0 Å².